The fourth-order valence-corrected chi connectivity index (χ4v) is 3.16. The molecule has 0 saturated heterocycles. The molecular weight excluding hydrogens is 340 g/mol. The van der Waals surface area contributed by atoms with Gasteiger partial charge >= 0.3 is 5.97 Å². The first-order valence-corrected chi connectivity index (χ1v) is 8.61. The molecule has 1 saturated carbocycles. The van der Waals surface area contributed by atoms with E-state index in [1.54, 1.807) is 24.0 Å². The minimum absolute atomic E-state index is 0.169. The van der Waals surface area contributed by atoms with Crippen molar-refractivity contribution in [3.05, 3.63) is 58.6 Å². The normalized spacial score (nSPS) is 13.6. The number of carbonyl (C=O) groups is 2. The third-order valence-corrected chi connectivity index (χ3v) is 4.86. The lowest BCUT2D eigenvalue weighted by atomic mass is 10.3. The molecule has 0 radical (unpaired) electrons. The molecule has 0 unspecified atom stereocenters. The number of carboxylic acids is 1. The van der Waals surface area contributed by atoms with Gasteiger partial charge in [-0.15, -0.1) is 11.3 Å². The highest BCUT2D eigenvalue weighted by Gasteiger charge is 2.25. The molecule has 126 valence electrons. The third kappa shape index (κ3) is 3.29. The summed E-state index contributed by atoms with van der Waals surface area (Å²) < 4.78 is 1.87. The molecule has 0 atom stereocenters. The van der Waals surface area contributed by atoms with Gasteiger partial charge in [-0.25, -0.2) is 9.78 Å². The number of rotatable bonds is 5. The fourth-order valence-electron chi connectivity index (χ4n) is 2.48. The molecule has 1 amide bonds. The van der Waals surface area contributed by atoms with Gasteiger partial charge in [-0.05, 0) is 31.0 Å². The van der Waals surface area contributed by atoms with Crippen LogP contribution in [0.3, 0.4) is 0 Å². The van der Waals surface area contributed by atoms with Crippen molar-refractivity contribution in [2.75, 3.05) is 5.32 Å². The molecular formula is C17H14N4O3S. The predicted molar refractivity (Wildman–Crippen MR) is 92.6 cm³/mol. The van der Waals surface area contributed by atoms with Crippen molar-refractivity contribution < 1.29 is 14.7 Å². The summed E-state index contributed by atoms with van der Waals surface area (Å²) in [6.45, 7) is 0. The number of anilines is 1. The van der Waals surface area contributed by atoms with Gasteiger partial charge in [0.05, 0.1) is 23.4 Å². The van der Waals surface area contributed by atoms with Crippen molar-refractivity contribution in [3.63, 3.8) is 0 Å². The van der Waals surface area contributed by atoms with Gasteiger partial charge in [-0.1, -0.05) is 0 Å². The van der Waals surface area contributed by atoms with Crippen LogP contribution in [0.4, 0.5) is 5.69 Å². The van der Waals surface area contributed by atoms with Crippen molar-refractivity contribution in [1.82, 2.24) is 14.5 Å². The summed E-state index contributed by atoms with van der Waals surface area (Å²) in [5, 5.41) is 13.2. The molecule has 7 nitrogen and oxygen atoms in total. The molecule has 0 bridgehead atoms. The Labute approximate surface area is 147 Å². The van der Waals surface area contributed by atoms with E-state index < -0.39 is 5.97 Å². The van der Waals surface area contributed by atoms with E-state index in [0.717, 1.165) is 22.7 Å². The molecule has 1 aliphatic carbocycles. The Bertz CT molecular complexity index is 958. The molecule has 2 N–H and O–H groups in total. The number of nitrogens with zero attached hydrogens (tertiary/aromatic N) is 3. The zero-order chi connectivity index (χ0) is 17.4. The van der Waals surface area contributed by atoms with Crippen LogP contribution < -0.4 is 5.32 Å². The zero-order valence-electron chi connectivity index (χ0n) is 13.0. The molecule has 3 aromatic heterocycles. The first-order valence-electron chi connectivity index (χ1n) is 7.73. The number of imidazole rings is 1. The summed E-state index contributed by atoms with van der Waals surface area (Å²) in [5.41, 5.74) is 2.57. The van der Waals surface area contributed by atoms with Crippen molar-refractivity contribution in [2.24, 2.45) is 0 Å². The highest BCUT2D eigenvalue weighted by atomic mass is 32.1. The molecule has 25 heavy (non-hydrogen) atoms. The van der Waals surface area contributed by atoms with Crippen LogP contribution in [0.5, 0.6) is 0 Å². The number of carboxylic acid groups (broad SMARTS) is 1. The summed E-state index contributed by atoms with van der Waals surface area (Å²) in [7, 11) is 0. The fraction of sp³-hybridized carbons (Fsp3) is 0.176. The van der Waals surface area contributed by atoms with Crippen LogP contribution in [-0.2, 0) is 0 Å². The Morgan fingerprint density at radius 2 is 2.12 bits per heavy atom. The Kier molecular flexibility index (Phi) is 3.81. The number of nitrogens with one attached hydrogen (secondary N) is 1. The maximum atomic E-state index is 12.4. The minimum Gasteiger partial charge on any atom is -0.477 e. The summed E-state index contributed by atoms with van der Waals surface area (Å²) >= 11 is 1.06. The van der Waals surface area contributed by atoms with Gasteiger partial charge in [0.1, 0.15) is 10.6 Å². The SMILES string of the molecule is O=C(Nc1csc(C(=O)O)c1)c1cc(-n2cnc(C3CC3)c2)ccn1. The van der Waals surface area contributed by atoms with E-state index in [9.17, 15) is 9.59 Å². The minimum atomic E-state index is -1.02. The van der Waals surface area contributed by atoms with E-state index in [0.29, 0.717) is 11.6 Å². The number of aromatic carboxylic acids is 1. The van der Waals surface area contributed by atoms with E-state index in [4.69, 9.17) is 5.11 Å². The molecule has 1 fully saturated rings. The van der Waals surface area contributed by atoms with Crippen molar-refractivity contribution in [1.29, 1.82) is 0 Å². The van der Waals surface area contributed by atoms with Gasteiger partial charge in [0.25, 0.3) is 5.91 Å². The largest absolute Gasteiger partial charge is 0.477 e. The topological polar surface area (TPSA) is 97.1 Å². The van der Waals surface area contributed by atoms with Crippen LogP contribution in [0.15, 0.2) is 42.3 Å². The van der Waals surface area contributed by atoms with Crippen molar-refractivity contribution in [2.45, 2.75) is 18.8 Å². The monoisotopic (exact) mass is 354 g/mol. The average molecular weight is 354 g/mol. The summed E-state index contributed by atoms with van der Waals surface area (Å²) in [6.07, 6.45) is 7.65. The van der Waals surface area contributed by atoms with E-state index in [2.05, 4.69) is 15.3 Å². The molecule has 0 aliphatic heterocycles. The first-order chi connectivity index (χ1) is 12.1. The van der Waals surface area contributed by atoms with Crippen LogP contribution in [0.2, 0.25) is 0 Å². The summed E-state index contributed by atoms with van der Waals surface area (Å²) in [4.78, 5) is 31.9. The molecule has 1 aliphatic rings. The van der Waals surface area contributed by atoms with Crippen LogP contribution in [0, 0.1) is 0 Å². The van der Waals surface area contributed by atoms with Gasteiger partial charge in [0.2, 0.25) is 0 Å². The van der Waals surface area contributed by atoms with Gasteiger partial charge < -0.3 is 15.0 Å². The smallest absolute Gasteiger partial charge is 0.345 e. The number of carbonyl (C=O) groups excluding carboxylic acids is 1. The Hall–Kier alpha value is -3.00. The summed E-state index contributed by atoms with van der Waals surface area (Å²) in [5.74, 6) is -0.843. The van der Waals surface area contributed by atoms with E-state index >= 15 is 0 Å². The Morgan fingerprint density at radius 3 is 2.84 bits per heavy atom. The molecule has 8 heteroatoms. The third-order valence-electron chi connectivity index (χ3n) is 3.94. The van der Waals surface area contributed by atoms with Gasteiger partial charge in [-0.3, -0.25) is 9.78 Å². The van der Waals surface area contributed by atoms with Crippen LogP contribution in [0.1, 0.15) is 44.6 Å². The lowest BCUT2D eigenvalue weighted by Gasteiger charge is -2.05. The molecule has 3 aromatic rings. The average Bonchev–Trinajstić information content (AvgIpc) is 3.15. The van der Waals surface area contributed by atoms with Gasteiger partial charge in [0, 0.05) is 23.7 Å². The number of hydrogen-bond donors (Lipinski definition) is 2. The maximum absolute atomic E-state index is 12.4. The highest BCUT2D eigenvalue weighted by molar-refractivity contribution is 7.12. The quantitative estimate of drug-likeness (QED) is 0.733. The first kappa shape index (κ1) is 15.5. The zero-order valence-corrected chi connectivity index (χ0v) is 13.9. The van der Waals surface area contributed by atoms with E-state index in [-0.39, 0.29) is 16.5 Å². The van der Waals surface area contributed by atoms with Gasteiger partial charge in [0.15, 0.2) is 0 Å². The van der Waals surface area contributed by atoms with E-state index in [1.165, 1.54) is 18.9 Å². The van der Waals surface area contributed by atoms with Crippen molar-refractivity contribution >= 4 is 28.9 Å². The molecule has 0 aromatic carbocycles. The highest BCUT2D eigenvalue weighted by Crippen LogP contribution is 2.39. The number of thiophene rings is 1. The van der Waals surface area contributed by atoms with Crippen LogP contribution in [-0.4, -0.2) is 31.5 Å². The number of aromatic nitrogens is 3. The standard InChI is InChI=1S/C17H14N4O3S/c22-16(20-11-5-15(17(23)24)25-8-11)13-6-12(3-4-18-13)21-7-14(19-9-21)10-1-2-10/h3-10H,1-2H2,(H,20,22)(H,23,24). The second-order valence-corrected chi connectivity index (χ2v) is 6.75. The van der Waals surface area contributed by atoms with Crippen molar-refractivity contribution in [3.8, 4) is 5.69 Å². The lowest BCUT2D eigenvalue weighted by Crippen LogP contribution is -2.13. The summed E-state index contributed by atoms with van der Waals surface area (Å²) in [6, 6.07) is 4.91. The van der Waals surface area contributed by atoms with Gasteiger partial charge in [-0.2, -0.15) is 0 Å². The number of hydrogen-bond acceptors (Lipinski definition) is 5. The second kappa shape index (κ2) is 6.14. The lowest BCUT2D eigenvalue weighted by molar-refractivity contribution is 0.0702. The number of amides is 1. The maximum Gasteiger partial charge on any atom is 0.345 e. The molecule has 3 heterocycles. The molecule has 4 rings (SSSR count). The predicted octanol–water partition coefficient (Wildman–Crippen LogP) is 3.16. The second-order valence-electron chi connectivity index (χ2n) is 5.84. The van der Waals surface area contributed by atoms with Crippen LogP contribution in [0.25, 0.3) is 5.69 Å². The van der Waals surface area contributed by atoms with E-state index in [1.807, 2.05) is 16.8 Å². The Morgan fingerprint density at radius 1 is 1.28 bits per heavy atom. The Balaban J connectivity index is 1.53. The van der Waals surface area contributed by atoms with Crippen LogP contribution >= 0.6 is 11.3 Å². The number of pyridine rings is 1. The molecule has 0 spiro atoms.